The molecule has 1 atom stereocenters. The highest BCUT2D eigenvalue weighted by atomic mass is 32.2. The maximum absolute atomic E-state index is 13.4. The van der Waals surface area contributed by atoms with Crippen molar-refractivity contribution in [3.63, 3.8) is 0 Å². The van der Waals surface area contributed by atoms with Crippen molar-refractivity contribution in [3.8, 4) is 16.2 Å². The summed E-state index contributed by atoms with van der Waals surface area (Å²) in [4.78, 5) is 16.0. The zero-order valence-corrected chi connectivity index (χ0v) is 17.8. The van der Waals surface area contributed by atoms with Gasteiger partial charge in [0.25, 0.3) is 0 Å². The van der Waals surface area contributed by atoms with Gasteiger partial charge in [0, 0.05) is 17.7 Å². The Bertz CT molecular complexity index is 1160. The van der Waals surface area contributed by atoms with Crippen LogP contribution in [0, 0.1) is 0 Å². The first-order valence-electron chi connectivity index (χ1n) is 9.79. The zero-order valence-electron chi connectivity index (χ0n) is 17.0. The predicted molar refractivity (Wildman–Crippen MR) is 122 cm³/mol. The molecule has 3 aromatic carbocycles. The number of thiophene rings is 1. The number of carbonyl (C=O) groups is 1. The van der Waals surface area contributed by atoms with Crippen LogP contribution in [0.5, 0.6) is 5.75 Å². The number of likely N-dealkylation sites (N-methyl/N-ethyl adjacent to an activating group) is 1. The van der Waals surface area contributed by atoms with Gasteiger partial charge >= 0.3 is 0 Å². The molecule has 4 rings (SSSR count). The van der Waals surface area contributed by atoms with E-state index in [0.717, 1.165) is 23.2 Å². The average molecular weight is 418 g/mol. The molecule has 0 saturated heterocycles. The summed E-state index contributed by atoms with van der Waals surface area (Å²) >= 11 is 0. The van der Waals surface area contributed by atoms with E-state index >= 15 is 0 Å². The summed E-state index contributed by atoms with van der Waals surface area (Å²) in [6.07, 6.45) is 0. The normalized spacial score (nSPS) is 11.8. The molecule has 0 radical (unpaired) electrons. The lowest BCUT2D eigenvalue weighted by atomic mass is 9.98. The summed E-state index contributed by atoms with van der Waals surface area (Å²) < 4.78 is 19.8. The van der Waals surface area contributed by atoms with Gasteiger partial charge in [0.15, 0.2) is 15.4 Å². The molecule has 0 aliphatic heterocycles. The molecule has 152 valence electrons. The van der Waals surface area contributed by atoms with Crippen molar-refractivity contribution in [2.45, 2.75) is 0 Å². The van der Waals surface area contributed by atoms with Gasteiger partial charge in [-0.2, -0.15) is 0 Å². The standard InChI is InChI=1S/C25H23NO3S/c1-26(2)16-17-29-20-14-12-19(13-15-20)25-23(24(27)18-8-4-3-5-9-18)21-10-6-7-11-22(21)30(25)28/h3-15H,16-17H2,1-2H3. The summed E-state index contributed by atoms with van der Waals surface area (Å²) in [5, 5.41) is 0.742. The number of ketones is 1. The first kappa shape index (κ1) is 20.3. The summed E-state index contributed by atoms with van der Waals surface area (Å²) in [5.74, 6) is 0.633. The Morgan fingerprint density at radius 2 is 1.60 bits per heavy atom. The maximum atomic E-state index is 13.4. The van der Waals surface area contributed by atoms with Gasteiger partial charge in [0.2, 0.25) is 0 Å². The molecule has 4 nitrogen and oxygen atoms in total. The lowest BCUT2D eigenvalue weighted by molar-refractivity contribution is 0.104. The molecule has 0 spiro atoms. The van der Waals surface area contributed by atoms with Crippen molar-refractivity contribution in [3.05, 3.63) is 90.0 Å². The van der Waals surface area contributed by atoms with Crippen molar-refractivity contribution in [1.29, 1.82) is 0 Å². The SMILES string of the molecule is CN(C)CCOc1ccc(-c2c(C(=O)c3ccccc3)c3ccccc3[s+]2[O-])cc1. The smallest absolute Gasteiger partial charge is 0.199 e. The Balaban J connectivity index is 1.77. The predicted octanol–water partition coefficient (Wildman–Crippen LogP) is 5.41. The van der Waals surface area contributed by atoms with Gasteiger partial charge in [-0.3, -0.25) is 4.79 Å². The fraction of sp³-hybridized carbons (Fsp3) is 0.160. The number of carbonyl (C=O) groups excluding carboxylic acids is 1. The number of nitrogens with zero attached hydrogens (tertiary/aromatic N) is 1. The highest BCUT2D eigenvalue weighted by molar-refractivity contribution is 7.35. The minimum absolute atomic E-state index is 0.116. The monoisotopic (exact) mass is 417 g/mol. The van der Waals surface area contributed by atoms with E-state index in [9.17, 15) is 9.35 Å². The zero-order chi connectivity index (χ0) is 21.1. The summed E-state index contributed by atoms with van der Waals surface area (Å²) in [5.41, 5.74) is 1.86. The van der Waals surface area contributed by atoms with E-state index in [2.05, 4.69) is 4.90 Å². The maximum Gasteiger partial charge on any atom is 0.199 e. The molecule has 0 bridgehead atoms. The number of benzene rings is 3. The summed E-state index contributed by atoms with van der Waals surface area (Å²) in [7, 11) is 2.58. The Morgan fingerprint density at radius 1 is 0.933 bits per heavy atom. The van der Waals surface area contributed by atoms with Crippen LogP contribution in [0.1, 0.15) is 15.9 Å². The van der Waals surface area contributed by atoms with Crippen molar-refractivity contribution < 1.29 is 14.1 Å². The Kier molecular flexibility index (Phi) is 5.95. The topological polar surface area (TPSA) is 52.6 Å². The summed E-state index contributed by atoms with van der Waals surface area (Å²) in [6, 6.07) is 24.0. The van der Waals surface area contributed by atoms with Crippen LogP contribution in [0.4, 0.5) is 0 Å². The van der Waals surface area contributed by atoms with Gasteiger partial charge in [-0.05, 0) is 61.2 Å². The lowest BCUT2D eigenvalue weighted by Crippen LogP contribution is -2.19. The van der Waals surface area contributed by atoms with Gasteiger partial charge in [-0.15, -0.1) is 0 Å². The molecule has 0 fully saturated rings. The first-order valence-corrected chi connectivity index (χ1v) is 10.9. The van der Waals surface area contributed by atoms with Gasteiger partial charge in [-0.1, -0.05) is 42.5 Å². The van der Waals surface area contributed by atoms with Gasteiger partial charge in [-0.25, -0.2) is 0 Å². The van der Waals surface area contributed by atoms with E-state index in [1.54, 1.807) is 12.1 Å². The van der Waals surface area contributed by atoms with Crippen LogP contribution in [0.3, 0.4) is 0 Å². The molecule has 0 N–H and O–H groups in total. The van der Waals surface area contributed by atoms with Crippen LogP contribution in [0.15, 0.2) is 78.9 Å². The van der Waals surface area contributed by atoms with Crippen molar-refractivity contribution in [1.82, 2.24) is 4.90 Å². The fourth-order valence-electron chi connectivity index (χ4n) is 3.42. The van der Waals surface area contributed by atoms with Crippen LogP contribution in [-0.2, 0) is 0 Å². The Labute approximate surface area is 179 Å². The first-order chi connectivity index (χ1) is 14.6. The van der Waals surface area contributed by atoms with E-state index in [0.29, 0.717) is 27.3 Å². The molecule has 0 saturated carbocycles. The molecule has 1 aromatic heterocycles. The third-order valence-corrected chi connectivity index (χ3v) is 6.52. The third-order valence-electron chi connectivity index (χ3n) is 4.96. The molecule has 1 unspecified atom stereocenters. The van der Waals surface area contributed by atoms with Crippen LogP contribution >= 0.6 is 10.8 Å². The molecule has 0 aliphatic rings. The second kappa shape index (κ2) is 8.79. The fourth-order valence-corrected chi connectivity index (χ4v) is 4.95. The molecule has 1 heterocycles. The number of rotatable bonds is 7. The van der Waals surface area contributed by atoms with E-state index in [1.807, 2.05) is 80.8 Å². The van der Waals surface area contributed by atoms with Crippen LogP contribution in [0.25, 0.3) is 20.5 Å². The third kappa shape index (κ3) is 4.00. The van der Waals surface area contributed by atoms with Crippen molar-refractivity contribution in [2.75, 3.05) is 27.2 Å². The minimum atomic E-state index is -1.42. The molecular weight excluding hydrogens is 394 g/mol. The van der Waals surface area contributed by atoms with E-state index in [-0.39, 0.29) is 5.78 Å². The number of fused-ring (bicyclic) bond motifs is 1. The Morgan fingerprint density at radius 3 is 2.30 bits per heavy atom. The molecule has 5 heteroatoms. The highest BCUT2D eigenvalue weighted by Crippen LogP contribution is 2.45. The molecule has 0 aliphatic carbocycles. The average Bonchev–Trinajstić information content (AvgIpc) is 3.07. The highest BCUT2D eigenvalue weighted by Gasteiger charge is 2.29. The number of hydrogen-bond donors (Lipinski definition) is 0. The molecule has 0 amide bonds. The van der Waals surface area contributed by atoms with Gasteiger partial charge in [0.1, 0.15) is 12.4 Å². The lowest BCUT2D eigenvalue weighted by Gasteiger charge is -2.11. The summed E-state index contributed by atoms with van der Waals surface area (Å²) in [6.45, 7) is 1.41. The van der Waals surface area contributed by atoms with Gasteiger partial charge < -0.3 is 14.2 Å². The van der Waals surface area contributed by atoms with Crippen molar-refractivity contribution in [2.24, 2.45) is 0 Å². The molecular formula is C25H23NO3S. The second-order valence-electron chi connectivity index (χ2n) is 7.34. The molecule has 4 aromatic rings. The van der Waals surface area contributed by atoms with Gasteiger partial charge in [0.05, 0.1) is 10.9 Å². The van der Waals surface area contributed by atoms with Crippen LogP contribution < -0.4 is 4.74 Å². The number of ether oxygens (including phenoxy) is 1. The van der Waals surface area contributed by atoms with E-state index in [4.69, 9.17) is 4.74 Å². The van der Waals surface area contributed by atoms with E-state index < -0.39 is 10.8 Å². The van der Waals surface area contributed by atoms with Crippen molar-refractivity contribution >= 4 is 26.6 Å². The Hall–Kier alpha value is -2.99. The van der Waals surface area contributed by atoms with E-state index in [1.165, 1.54) is 0 Å². The quantitative estimate of drug-likeness (QED) is 0.298. The second-order valence-corrected chi connectivity index (χ2v) is 8.73. The van der Waals surface area contributed by atoms with Crippen LogP contribution in [0.2, 0.25) is 0 Å². The van der Waals surface area contributed by atoms with Crippen LogP contribution in [-0.4, -0.2) is 42.5 Å². The number of hydrogen-bond acceptors (Lipinski definition) is 4. The minimum Gasteiger partial charge on any atom is -0.590 e. The largest absolute Gasteiger partial charge is 0.590 e. The molecule has 30 heavy (non-hydrogen) atoms.